The highest BCUT2D eigenvalue weighted by Gasteiger charge is 2.43. The first-order valence-corrected chi connectivity index (χ1v) is 9.75. The molecule has 2 aliphatic carbocycles. The molecule has 6 heteroatoms. The van der Waals surface area contributed by atoms with Gasteiger partial charge in [-0.25, -0.2) is 0 Å². The van der Waals surface area contributed by atoms with Gasteiger partial charge in [0.25, 0.3) is 0 Å². The molecule has 6 nitrogen and oxygen atoms in total. The number of nitrogens with zero attached hydrogens (tertiary/aromatic N) is 3. The lowest BCUT2D eigenvalue weighted by molar-refractivity contribution is -0.130. The van der Waals surface area contributed by atoms with Crippen molar-refractivity contribution in [3.05, 3.63) is 23.4 Å². The van der Waals surface area contributed by atoms with Gasteiger partial charge in [-0.3, -0.25) is 4.79 Å². The van der Waals surface area contributed by atoms with Gasteiger partial charge >= 0.3 is 0 Å². The van der Waals surface area contributed by atoms with E-state index in [2.05, 4.69) is 16.3 Å². The van der Waals surface area contributed by atoms with Crippen LogP contribution in [0.3, 0.4) is 0 Å². The van der Waals surface area contributed by atoms with Crippen LogP contribution < -0.4 is 0 Å². The fraction of sp³-hybridized carbons (Fsp3) is 0.737. The van der Waals surface area contributed by atoms with Gasteiger partial charge < -0.3 is 14.1 Å². The van der Waals surface area contributed by atoms with E-state index >= 15 is 0 Å². The number of carbonyl (C=O) groups is 1. The summed E-state index contributed by atoms with van der Waals surface area (Å²) < 4.78 is 12.0. The first-order valence-electron chi connectivity index (χ1n) is 9.75. The fourth-order valence-electron chi connectivity index (χ4n) is 4.41. The van der Waals surface area contributed by atoms with E-state index in [0.717, 1.165) is 69.5 Å². The van der Waals surface area contributed by atoms with Crippen LogP contribution in [0.2, 0.25) is 0 Å². The monoisotopic (exact) mass is 343 g/mol. The molecule has 1 aromatic heterocycles. The highest BCUT2D eigenvalue weighted by atomic mass is 16.5. The predicted molar refractivity (Wildman–Crippen MR) is 89.7 cm³/mol. The van der Waals surface area contributed by atoms with E-state index in [0.29, 0.717) is 17.7 Å². The highest BCUT2D eigenvalue weighted by Crippen LogP contribution is 2.43. The maximum atomic E-state index is 12.8. The number of fused-ring (bicyclic) bond motifs is 1. The third kappa shape index (κ3) is 3.01. The summed E-state index contributed by atoms with van der Waals surface area (Å²) in [5.41, 5.74) is 1.02. The SMILES string of the molecule is O=C(C1=CCCCC1)N1CC[C@@H]2O[C@@H](c3nnc(C4CC4)o3)C[C@H]2C1. The summed E-state index contributed by atoms with van der Waals surface area (Å²) in [5.74, 6) is 2.50. The van der Waals surface area contributed by atoms with Gasteiger partial charge in [0.15, 0.2) is 0 Å². The molecule has 1 amide bonds. The first kappa shape index (κ1) is 15.6. The lowest BCUT2D eigenvalue weighted by Crippen LogP contribution is -2.45. The number of allylic oxidation sites excluding steroid dienone is 1. The normalized spacial score (nSPS) is 32.4. The maximum absolute atomic E-state index is 12.8. The molecule has 0 unspecified atom stereocenters. The number of hydrogen-bond donors (Lipinski definition) is 0. The van der Waals surface area contributed by atoms with Crippen LogP contribution in [0.4, 0.5) is 0 Å². The molecular weight excluding hydrogens is 318 g/mol. The Morgan fingerprint density at radius 2 is 2.04 bits per heavy atom. The number of aromatic nitrogens is 2. The van der Waals surface area contributed by atoms with Crippen molar-refractivity contribution in [1.29, 1.82) is 0 Å². The minimum absolute atomic E-state index is 0.0982. The van der Waals surface area contributed by atoms with Crippen molar-refractivity contribution in [3.63, 3.8) is 0 Å². The summed E-state index contributed by atoms with van der Waals surface area (Å²) >= 11 is 0. The number of amides is 1. The number of ether oxygens (including phenoxy) is 1. The van der Waals surface area contributed by atoms with Crippen molar-refractivity contribution in [2.45, 2.75) is 69.5 Å². The van der Waals surface area contributed by atoms with Gasteiger partial charge in [-0.1, -0.05) is 6.08 Å². The Kier molecular flexibility index (Phi) is 3.88. The summed E-state index contributed by atoms with van der Waals surface area (Å²) in [6.07, 6.45) is 10.7. The first-order chi connectivity index (χ1) is 12.3. The van der Waals surface area contributed by atoms with E-state index in [1.165, 1.54) is 6.42 Å². The van der Waals surface area contributed by atoms with Gasteiger partial charge in [0, 0.05) is 30.5 Å². The van der Waals surface area contributed by atoms with Crippen LogP contribution in [0.5, 0.6) is 0 Å². The topological polar surface area (TPSA) is 68.5 Å². The Morgan fingerprint density at radius 3 is 2.84 bits per heavy atom. The fourth-order valence-corrected chi connectivity index (χ4v) is 4.41. The number of rotatable bonds is 3. The number of carbonyl (C=O) groups excluding carboxylic acids is 1. The second-order valence-corrected chi connectivity index (χ2v) is 7.93. The Labute approximate surface area is 147 Å². The number of piperidine rings is 1. The van der Waals surface area contributed by atoms with Crippen LogP contribution in [0, 0.1) is 5.92 Å². The van der Waals surface area contributed by atoms with E-state index in [9.17, 15) is 4.79 Å². The van der Waals surface area contributed by atoms with E-state index in [-0.39, 0.29) is 18.1 Å². The summed E-state index contributed by atoms with van der Waals surface area (Å²) in [7, 11) is 0. The molecule has 2 aliphatic heterocycles. The average molecular weight is 343 g/mol. The van der Waals surface area contributed by atoms with Gasteiger partial charge in [-0.2, -0.15) is 0 Å². The number of likely N-dealkylation sites (tertiary alicyclic amines) is 1. The standard InChI is InChI=1S/C19H25N3O3/c23-19(13-4-2-1-3-5-13)22-9-8-15-14(11-22)10-16(24-15)18-21-20-17(25-18)12-6-7-12/h4,12,14-16H,1-3,5-11H2/t14-,15-,16+/m0/s1. The van der Waals surface area contributed by atoms with Gasteiger partial charge in [0.2, 0.25) is 17.7 Å². The Hall–Kier alpha value is -1.69. The molecule has 0 radical (unpaired) electrons. The molecule has 1 saturated carbocycles. The Balaban J connectivity index is 1.24. The predicted octanol–water partition coefficient (Wildman–Crippen LogP) is 3.13. The summed E-state index contributed by atoms with van der Waals surface area (Å²) in [5, 5.41) is 8.39. The molecule has 1 aromatic rings. The zero-order chi connectivity index (χ0) is 16.8. The van der Waals surface area contributed by atoms with Gasteiger partial charge in [-0.15, -0.1) is 10.2 Å². The molecule has 25 heavy (non-hydrogen) atoms. The minimum Gasteiger partial charge on any atom is -0.422 e. The molecule has 0 N–H and O–H groups in total. The van der Waals surface area contributed by atoms with Gasteiger partial charge in [0.05, 0.1) is 6.10 Å². The maximum Gasteiger partial charge on any atom is 0.249 e. The van der Waals surface area contributed by atoms with E-state index in [4.69, 9.17) is 9.15 Å². The Morgan fingerprint density at radius 1 is 1.16 bits per heavy atom. The van der Waals surface area contributed by atoms with E-state index < -0.39 is 0 Å². The number of hydrogen-bond acceptors (Lipinski definition) is 5. The molecule has 3 heterocycles. The van der Waals surface area contributed by atoms with E-state index in [1.807, 2.05) is 4.90 Å². The van der Waals surface area contributed by atoms with Gasteiger partial charge in [0.1, 0.15) is 6.10 Å². The zero-order valence-corrected chi connectivity index (χ0v) is 14.5. The zero-order valence-electron chi connectivity index (χ0n) is 14.5. The largest absolute Gasteiger partial charge is 0.422 e. The molecule has 0 bridgehead atoms. The molecule has 2 saturated heterocycles. The second-order valence-electron chi connectivity index (χ2n) is 7.93. The van der Waals surface area contributed by atoms with Crippen LogP contribution in [0.15, 0.2) is 16.1 Å². The van der Waals surface area contributed by atoms with Crippen LogP contribution in [-0.2, 0) is 9.53 Å². The average Bonchev–Trinajstić information content (AvgIpc) is 3.23. The van der Waals surface area contributed by atoms with Crippen molar-refractivity contribution >= 4 is 5.91 Å². The lowest BCUT2D eigenvalue weighted by Gasteiger charge is -2.35. The molecule has 0 spiro atoms. The molecule has 3 atom stereocenters. The van der Waals surface area contributed by atoms with Crippen molar-refractivity contribution in [3.8, 4) is 0 Å². The van der Waals surface area contributed by atoms with Crippen molar-refractivity contribution in [1.82, 2.24) is 15.1 Å². The van der Waals surface area contributed by atoms with Crippen LogP contribution >= 0.6 is 0 Å². The van der Waals surface area contributed by atoms with Crippen molar-refractivity contribution in [2.24, 2.45) is 5.92 Å². The molecule has 134 valence electrons. The molecule has 0 aromatic carbocycles. The molecule has 3 fully saturated rings. The Bertz CT molecular complexity index is 694. The van der Waals surface area contributed by atoms with Crippen LogP contribution in [-0.4, -0.2) is 40.2 Å². The van der Waals surface area contributed by atoms with Crippen LogP contribution in [0.1, 0.15) is 75.2 Å². The minimum atomic E-state index is -0.0982. The third-order valence-corrected chi connectivity index (χ3v) is 6.03. The van der Waals surface area contributed by atoms with Crippen molar-refractivity contribution in [2.75, 3.05) is 13.1 Å². The summed E-state index contributed by atoms with van der Waals surface area (Å²) in [4.78, 5) is 14.8. The summed E-state index contributed by atoms with van der Waals surface area (Å²) in [6, 6.07) is 0. The summed E-state index contributed by atoms with van der Waals surface area (Å²) in [6.45, 7) is 1.59. The van der Waals surface area contributed by atoms with E-state index in [1.54, 1.807) is 0 Å². The third-order valence-electron chi connectivity index (χ3n) is 6.03. The smallest absolute Gasteiger partial charge is 0.249 e. The van der Waals surface area contributed by atoms with Crippen LogP contribution in [0.25, 0.3) is 0 Å². The molecule has 4 aliphatic rings. The quantitative estimate of drug-likeness (QED) is 0.843. The van der Waals surface area contributed by atoms with Gasteiger partial charge in [-0.05, 0) is 51.4 Å². The lowest BCUT2D eigenvalue weighted by atomic mass is 9.91. The van der Waals surface area contributed by atoms with Crippen molar-refractivity contribution < 1.29 is 13.9 Å². The molecular formula is C19H25N3O3. The highest BCUT2D eigenvalue weighted by molar-refractivity contribution is 5.93. The molecule has 5 rings (SSSR count). The second kappa shape index (κ2) is 6.24.